The van der Waals surface area contributed by atoms with Crippen LogP contribution < -0.4 is 0 Å². The zero-order chi connectivity index (χ0) is 10.8. The van der Waals surface area contributed by atoms with Crippen molar-refractivity contribution in [2.24, 2.45) is 0 Å². The molecule has 0 unspecified atom stereocenters. The lowest BCUT2D eigenvalue weighted by atomic mass is 10.3. The van der Waals surface area contributed by atoms with Gasteiger partial charge in [0.1, 0.15) is 0 Å². The van der Waals surface area contributed by atoms with E-state index in [4.69, 9.17) is 23.2 Å². The normalized spacial score (nSPS) is 10.6. The van der Waals surface area contributed by atoms with Gasteiger partial charge in [-0.2, -0.15) is 5.10 Å². The molecule has 0 atom stereocenters. The molecule has 1 heterocycles. The van der Waals surface area contributed by atoms with E-state index in [1.807, 2.05) is 41.9 Å². The molecule has 4 heteroatoms. The minimum atomic E-state index is 0.448. The Bertz CT molecular complexity index is 460. The Morgan fingerprint density at radius 3 is 2.53 bits per heavy atom. The fourth-order valence-electron chi connectivity index (χ4n) is 1.45. The summed E-state index contributed by atoms with van der Waals surface area (Å²) in [6, 6.07) is 9.50. The number of alkyl halides is 1. The van der Waals surface area contributed by atoms with E-state index in [9.17, 15) is 0 Å². The van der Waals surface area contributed by atoms with E-state index < -0.39 is 0 Å². The SMILES string of the molecule is Cc1cc(CCl)n(-c2ccc(Cl)cc2)n1. The second kappa shape index (κ2) is 4.25. The molecule has 0 aliphatic heterocycles. The molecule has 0 saturated heterocycles. The molecule has 0 bridgehead atoms. The highest BCUT2D eigenvalue weighted by atomic mass is 35.5. The standard InChI is InChI=1S/C11H10Cl2N2/c1-8-6-11(7-12)15(14-8)10-4-2-9(13)3-5-10/h2-6H,7H2,1H3. The summed E-state index contributed by atoms with van der Waals surface area (Å²) in [5.74, 6) is 0.448. The molecule has 0 spiro atoms. The number of nitrogens with zero attached hydrogens (tertiary/aromatic N) is 2. The highest BCUT2D eigenvalue weighted by Crippen LogP contribution is 2.16. The van der Waals surface area contributed by atoms with Crippen LogP contribution in [0.3, 0.4) is 0 Å². The van der Waals surface area contributed by atoms with E-state index in [1.165, 1.54) is 0 Å². The topological polar surface area (TPSA) is 17.8 Å². The molecule has 0 amide bonds. The van der Waals surface area contributed by atoms with Gasteiger partial charge in [-0.25, -0.2) is 4.68 Å². The Morgan fingerprint density at radius 2 is 1.93 bits per heavy atom. The van der Waals surface area contributed by atoms with Crippen molar-refractivity contribution in [1.82, 2.24) is 9.78 Å². The molecule has 0 fully saturated rings. The van der Waals surface area contributed by atoms with Crippen molar-refractivity contribution in [2.45, 2.75) is 12.8 Å². The lowest BCUT2D eigenvalue weighted by molar-refractivity contribution is 0.828. The van der Waals surface area contributed by atoms with Crippen LogP contribution in [0.4, 0.5) is 0 Å². The predicted octanol–water partition coefficient (Wildman–Crippen LogP) is 3.57. The molecule has 0 aliphatic rings. The summed E-state index contributed by atoms with van der Waals surface area (Å²) >= 11 is 11.7. The smallest absolute Gasteiger partial charge is 0.0650 e. The third kappa shape index (κ3) is 2.16. The van der Waals surface area contributed by atoms with Crippen LogP contribution in [0.2, 0.25) is 5.02 Å². The molecule has 0 N–H and O–H groups in total. The summed E-state index contributed by atoms with van der Waals surface area (Å²) in [6.45, 7) is 1.95. The zero-order valence-corrected chi connectivity index (χ0v) is 9.76. The summed E-state index contributed by atoms with van der Waals surface area (Å²) in [7, 11) is 0. The molecule has 1 aromatic carbocycles. The van der Waals surface area contributed by atoms with Gasteiger partial charge in [0.05, 0.1) is 23.0 Å². The Labute approximate surface area is 98.4 Å². The molecular weight excluding hydrogens is 231 g/mol. The van der Waals surface area contributed by atoms with E-state index >= 15 is 0 Å². The predicted molar refractivity (Wildman–Crippen MR) is 62.9 cm³/mol. The van der Waals surface area contributed by atoms with E-state index in [2.05, 4.69) is 5.10 Å². The Morgan fingerprint density at radius 1 is 1.27 bits per heavy atom. The maximum Gasteiger partial charge on any atom is 0.0650 e. The largest absolute Gasteiger partial charge is 0.236 e. The maximum absolute atomic E-state index is 5.84. The molecule has 0 radical (unpaired) electrons. The van der Waals surface area contributed by atoms with Crippen molar-refractivity contribution >= 4 is 23.2 Å². The first-order valence-electron chi connectivity index (χ1n) is 4.58. The first kappa shape index (κ1) is 10.5. The van der Waals surface area contributed by atoms with Crippen LogP contribution in [-0.2, 0) is 5.88 Å². The van der Waals surface area contributed by atoms with E-state index in [0.717, 1.165) is 22.1 Å². The molecular formula is C11H10Cl2N2. The summed E-state index contributed by atoms with van der Waals surface area (Å²) in [4.78, 5) is 0. The molecule has 78 valence electrons. The minimum Gasteiger partial charge on any atom is -0.236 e. The lowest BCUT2D eigenvalue weighted by Gasteiger charge is -2.04. The molecule has 0 aliphatic carbocycles. The third-order valence-electron chi connectivity index (χ3n) is 2.11. The Hall–Kier alpha value is -0.990. The van der Waals surface area contributed by atoms with Crippen LogP contribution >= 0.6 is 23.2 Å². The van der Waals surface area contributed by atoms with Gasteiger partial charge in [-0.1, -0.05) is 11.6 Å². The Kier molecular flexibility index (Phi) is 2.98. The molecule has 15 heavy (non-hydrogen) atoms. The fraction of sp³-hybridized carbons (Fsp3) is 0.182. The van der Waals surface area contributed by atoms with E-state index in [0.29, 0.717) is 5.88 Å². The quantitative estimate of drug-likeness (QED) is 0.735. The van der Waals surface area contributed by atoms with Crippen molar-refractivity contribution in [2.75, 3.05) is 0 Å². The average Bonchev–Trinajstić information content (AvgIpc) is 2.61. The van der Waals surface area contributed by atoms with Gasteiger partial charge in [-0.15, -0.1) is 11.6 Å². The van der Waals surface area contributed by atoms with Crippen LogP contribution in [0.25, 0.3) is 5.69 Å². The minimum absolute atomic E-state index is 0.448. The van der Waals surface area contributed by atoms with Crippen LogP contribution in [0.15, 0.2) is 30.3 Å². The van der Waals surface area contributed by atoms with Gasteiger partial charge in [-0.3, -0.25) is 0 Å². The van der Waals surface area contributed by atoms with Crippen LogP contribution in [-0.4, -0.2) is 9.78 Å². The van der Waals surface area contributed by atoms with Gasteiger partial charge < -0.3 is 0 Å². The highest BCUT2D eigenvalue weighted by Gasteiger charge is 2.05. The van der Waals surface area contributed by atoms with E-state index in [-0.39, 0.29) is 0 Å². The Balaban J connectivity index is 2.48. The second-order valence-electron chi connectivity index (χ2n) is 3.30. The lowest BCUT2D eigenvalue weighted by Crippen LogP contribution is -2.00. The average molecular weight is 241 g/mol. The summed E-state index contributed by atoms with van der Waals surface area (Å²) in [5.41, 5.74) is 2.92. The number of hydrogen-bond donors (Lipinski definition) is 0. The first-order chi connectivity index (χ1) is 7.20. The number of aryl methyl sites for hydroxylation is 1. The number of benzene rings is 1. The molecule has 0 saturated carbocycles. The van der Waals surface area contributed by atoms with Crippen molar-refractivity contribution in [1.29, 1.82) is 0 Å². The molecule has 2 aromatic rings. The molecule has 1 aromatic heterocycles. The monoisotopic (exact) mass is 240 g/mol. The van der Waals surface area contributed by atoms with Gasteiger partial charge in [0, 0.05) is 5.02 Å². The van der Waals surface area contributed by atoms with Crippen molar-refractivity contribution in [3.8, 4) is 5.69 Å². The van der Waals surface area contributed by atoms with Gasteiger partial charge >= 0.3 is 0 Å². The molecule has 2 rings (SSSR count). The number of aromatic nitrogens is 2. The summed E-state index contributed by atoms with van der Waals surface area (Å²) in [5, 5.41) is 5.09. The summed E-state index contributed by atoms with van der Waals surface area (Å²) in [6.07, 6.45) is 0. The van der Waals surface area contributed by atoms with Crippen LogP contribution in [0.1, 0.15) is 11.4 Å². The highest BCUT2D eigenvalue weighted by molar-refractivity contribution is 6.30. The van der Waals surface area contributed by atoms with Gasteiger partial charge in [0.2, 0.25) is 0 Å². The van der Waals surface area contributed by atoms with Crippen molar-refractivity contribution in [3.63, 3.8) is 0 Å². The van der Waals surface area contributed by atoms with Gasteiger partial charge in [0.25, 0.3) is 0 Å². The molecule has 2 nitrogen and oxygen atoms in total. The van der Waals surface area contributed by atoms with Gasteiger partial charge in [-0.05, 0) is 37.3 Å². The number of rotatable bonds is 2. The number of halogens is 2. The fourth-order valence-corrected chi connectivity index (χ4v) is 1.77. The maximum atomic E-state index is 5.84. The van der Waals surface area contributed by atoms with Crippen molar-refractivity contribution < 1.29 is 0 Å². The second-order valence-corrected chi connectivity index (χ2v) is 4.00. The van der Waals surface area contributed by atoms with Gasteiger partial charge in [0.15, 0.2) is 0 Å². The van der Waals surface area contributed by atoms with Crippen LogP contribution in [0, 0.1) is 6.92 Å². The zero-order valence-electron chi connectivity index (χ0n) is 8.24. The van der Waals surface area contributed by atoms with Crippen molar-refractivity contribution in [3.05, 3.63) is 46.7 Å². The first-order valence-corrected chi connectivity index (χ1v) is 5.49. The number of hydrogen-bond acceptors (Lipinski definition) is 1. The summed E-state index contributed by atoms with van der Waals surface area (Å²) < 4.78 is 1.83. The third-order valence-corrected chi connectivity index (χ3v) is 2.64. The van der Waals surface area contributed by atoms with Crippen LogP contribution in [0.5, 0.6) is 0 Å². The van der Waals surface area contributed by atoms with E-state index in [1.54, 1.807) is 0 Å².